The number of rotatable bonds is 6. The molecule has 2 aromatic rings. The molecule has 1 aromatic carbocycles. The molecule has 1 aliphatic heterocycles. The van der Waals surface area contributed by atoms with Gasteiger partial charge in [-0.2, -0.15) is 4.31 Å². The third kappa shape index (κ3) is 3.44. The van der Waals surface area contributed by atoms with Crippen LogP contribution in [0.3, 0.4) is 0 Å². The second-order valence-corrected chi connectivity index (χ2v) is 8.25. The average Bonchev–Trinajstić information content (AvgIpc) is 3.14. The van der Waals surface area contributed by atoms with Gasteiger partial charge in [0.05, 0.1) is 0 Å². The lowest BCUT2D eigenvalue weighted by atomic mass is 10.1. The quantitative estimate of drug-likeness (QED) is 0.814. The van der Waals surface area contributed by atoms with Crippen molar-refractivity contribution in [3.63, 3.8) is 0 Å². The van der Waals surface area contributed by atoms with E-state index in [9.17, 15) is 8.42 Å². The number of benzene rings is 1. The van der Waals surface area contributed by atoms with Crippen LogP contribution >= 0.6 is 0 Å². The van der Waals surface area contributed by atoms with Gasteiger partial charge in [-0.05, 0) is 38.4 Å². The van der Waals surface area contributed by atoms with E-state index in [0.29, 0.717) is 24.6 Å². The van der Waals surface area contributed by atoms with Crippen LogP contribution in [-0.2, 0) is 10.0 Å². The van der Waals surface area contributed by atoms with Crippen molar-refractivity contribution in [2.75, 3.05) is 33.2 Å². The van der Waals surface area contributed by atoms with Crippen LogP contribution in [0.4, 0.5) is 0 Å². The maximum atomic E-state index is 12.8. The van der Waals surface area contributed by atoms with E-state index in [4.69, 9.17) is 4.42 Å². The molecule has 0 N–H and O–H groups in total. The summed E-state index contributed by atoms with van der Waals surface area (Å²) in [4.78, 5) is 2.28. The van der Waals surface area contributed by atoms with Crippen LogP contribution in [0.25, 0.3) is 11.0 Å². The number of nitrogens with zero attached hydrogens (tertiary/aromatic N) is 2. The Balaban J connectivity index is 1.73. The van der Waals surface area contributed by atoms with E-state index in [1.807, 2.05) is 18.2 Å². The Labute approximate surface area is 137 Å². The van der Waals surface area contributed by atoms with Gasteiger partial charge in [0.25, 0.3) is 10.0 Å². The van der Waals surface area contributed by atoms with Crippen LogP contribution in [0.2, 0.25) is 0 Å². The SMILES string of the molecule is CCCN(C)CC1CCN(S(=O)(=O)c2cc3ccccc3o2)C1. The number of furan rings is 1. The highest BCUT2D eigenvalue weighted by atomic mass is 32.2. The van der Waals surface area contributed by atoms with Gasteiger partial charge in [0.1, 0.15) is 5.58 Å². The molecule has 0 saturated carbocycles. The molecule has 2 heterocycles. The molecular formula is C17H24N2O3S. The third-order valence-corrected chi connectivity index (χ3v) is 6.14. The van der Waals surface area contributed by atoms with E-state index in [0.717, 1.165) is 31.3 Å². The Kier molecular flexibility index (Phi) is 4.75. The minimum Gasteiger partial charge on any atom is -0.443 e. The van der Waals surface area contributed by atoms with E-state index >= 15 is 0 Å². The zero-order valence-corrected chi connectivity index (χ0v) is 14.6. The van der Waals surface area contributed by atoms with Crippen molar-refractivity contribution in [3.05, 3.63) is 30.3 Å². The first kappa shape index (κ1) is 16.5. The molecule has 6 heteroatoms. The Bertz CT molecular complexity index is 736. The van der Waals surface area contributed by atoms with Crippen LogP contribution in [0.5, 0.6) is 0 Å². The highest BCUT2D eigenvalue weighted by Crippen LogP contribution is 2.28. The lowest BCUT2D eigenvalue weighted by molar-refractivity contribution is 0.280. The van der Waals surface area contributed by atoms with E-state index in [1.165, 1.54) is 0 Å². The van der Waals surface area contributed by atoms with Gasteiger partial charge in [-0.15, -0.1) is 0 Å². The molecule has 23 heavy (non-hydrogen) atoms. The molecular weight excluding hydrogens is 312 g/mol. The smallest absolute Gasteiger partial charge is 0.276 e. The fourth-order valence-corrected chi connectivity index (χ4v) is 4.77. The highest BCUT2D eigenvalue weighted by Gasteiger charge is 2.34. The number of hydrogen-bond donors (Lipinski definition) is 0. The molecule has 0 radical (unpaired) electrons. The number of hydrogen-bond acceptors (Lipinski definition) is 4. The predicted molar refractivity (Wildman–Crippen MR) is 90.9 cm³/mol. The molecule has 1 unspecified atom stereocenters. The van der Waals surface area contributed by atoms with Crippen molar-refractivity contribution in [1.29, 1.82) is 0 Å². The van der Waals surface area contributed by atoms with Crippen molar-refractivity contribution in [3.8, 4) is 0 Å². The van der Waals surface area contributed by atoms with Gasteiger partial charge in [-0.3, -0.25) is 0 Å². The number of fused-ring (bicyclic) bond motifs is 1. The van der Waals surface area contributed by atoms with E-state index < -0.39 is 10.0 Å². The van der Waals surface area contributed by atoms with Crippen LogP contribution < -0.4 is 0 Å². The molecule has 1 saturated heterocycles. The van der Waals surface area contributed by atoms with Crippen molar-refractivity contribution < 1.29 is 12.8 Å². The summed E-state index contributed by atoms with van der Waals surface area (Å²) in [6, 6.07) is 9.01. The molecule has 5 nitrogen and oxygen atoms in total. The van der Waals surface area contributed by atoms with E-state index in [-0.39, 0.29) is 5.09 Å². The minimum absolute atomic E-state index is 0.0567. The highest BCUT2D eigenvalue weighted by molar-refractivity contribution is 7.89. The summed E-state index contributed by atoms with van der Waals surface area (Å²) in [5.41, 5.74) is 0.615. The predicted octanol–water partition coefficient (Wildman–Crippen LogP) is 2.79. The first-order valence-electron chi connectivity index (χ1n) is 8.18. The zero-order valence-electron chi connectivity index (χ0n) is 13.7. The molecule has 0 amide bonds. The molecule has 0 spiro atoms. The van der Waals surface area contributed by atoms with Crippen LogP contribution in [0.1, 0.15) is 19.8 Å². The molecule has 0 aliphatic carbocycles. The fourth-order valence-electron chi connectivity index (χ4n) is 3.29. The van der Waals surface area contributed by atoms with Gasteiger partial charge in [-0.1, -0.05) is 25.1 Å². The normalized spacial score (nSPS) is 19.9. The molecule has 1 aliphatic rings. The minimum atomic E-state index is -3.53. The summed E-state index contributed by atoms with van der Waals surface area (Å²) in [5, 5.41) is 0.880. The van der Waals surface area contributed by atoms with Crippen LogP contribution in [0.15, 0.2) is 39.8 Å². The van der Waals surface area contributed by atoms with E-state index in [2.05, 4.69) is 18.9 Å². The first-order chi connectivity index (χ1) is 11.0. The lowest BCUT2D eigenvalue weighted by Crippen LogP contribution is -2.31. The average molecular weight is 336 g/mol. The van der Waals surface area contributed by atoms with Crippen molar-refractivity contribution in [1.82, 2.24) is 9.21 Å². The van der Waals surface area contributed by atoms with E-state index in [1.54, 1.807) is 16.4 Å². The zero-order chi connectivity index (χ0) is 16.4. The topological polar surface area (TPSA) is 53.8 Å². The Hall–Kier alpha value is -1.37. The molecule has 3 rings (SSSR count). The molecule has 0 bridgehead atoms. The van der Waals surface area contributed by atoms with Gasteiger partial charge in [0.15, 0.2) is 0 Å². The summed E-state index contributed by atoms with van der Waals surface area (Å²) in [6.07, 6.45) is 2.03. The van der Waals surface area contributed by atoms with Crippen LogP contribution in [-0.4, -0.2) is 50.8 Å². The molecule has 1 fully saturated rings. The van der Waals surface area contributed by atoms with Gasteiger partial charge >= 0.3 is 0 Å². The van der Waals surface area contributed by atoms with Gasteiger partial charge < -0.3 is 9.32 Å². The van der Waals surface area contributed by atoms with Gasteiger partial charge in [-0.25, -0.2) is 8.42 Å². The standard InChI is InChI=1S/C17H24N2O3S/c1-3-9-18(2)12-14-8-10-19(13-14)23(20,21)17-11-15-6-4-5-7-16(15)22-17/h4-7,11,14H,3,8-10,12-13H2,1-2H3. The lowest BCUT2D eigenvalue weighted by Gasteiger charge is -2.20. The summed E-state index contributed by atoms with van der Waals surface area (Å²) >= 11 is 0. The summed E-state index contributed by atoms with van der Waals surface area (Å²) in [6.45, 7) is 5.30. The van der Waals surface area contributed by atoms with Gasteiger partial charge in [0.2, 0.25) is 5.09 Å². The maximum Gasteiger partial charge on any atom is 0.276 e. The Morgan fingerprint density at radius 1 is 1.35 bits per heavy atom. The molecule has 1 aromatic heterocycles. The van der Waals surface area contributed by atoms with Crippen molar-refractivity contribution >= 4 is 21.0 Å². The summed E-state index contributed by atoms with van der Waals surface area (Å²) in [7, 11) is -1.44. The fraction of sp³-hybridized carbons (Fsp3) is 0.529. The summed E-state index contributed by atoms with van der Waals surface area (Å²) < 4.78 is 32.7. The first-order valence-corrected chi connectivity index (χ1v) is 9.62. The molecule has 126 valence electrons. The van der Waals surface area contributed by atoms with Crippen LogP contribution in [0, 0.1) is 5.92 Å². The second kappa shape index (κ2) is 6.63. The molecule has 1 atom stereocenters. The maximum absolute atomic E-state index is 12.8. The number of sulfonamides is 1. The largest absolute Gasteiger partial charge is 0.443 e. The Morgan fingerprint density at radius 2 is 2.13 bits per heavy atom. The van der Waals surface area contributed by atoms with Crippen molar-refractivity contribution in [2.45, 2.75) is 24.9 Å². The number of para-hydroxylation sites is 1. The van der Waals surface area contributed by atoms with Gasteiger partial charge in [0, 0.05) is 31.1 Å². The summed E-state index contributed by atoms with van der Waals surface area (Å²) in [5.74, 6) is 0.394. The monoisotopic (exact) mass is 336 g/mol. The third-order valence-electron chi connectivity index (χ3n) is 4.42. The van der Waals surface area contributed by atoms with Crippen molar-refractivity contribution in [2.24, 2.45) is 5.92 Å². The Morgan fingerprint density at radius 3 is 2.87 bits per heavy atom. The second-order valence-electron chi connectivity index (χ2n) is 6.38.